The first-order chi connectivity index (χ1) is 41.4. The lowest BCUT2D eigenvalue weighted by atomic mass is 9.89. The van der Waals surface area contributed by atoms with Crippen molar-refractivity contribution in [3.63, 3.8) is 0 Å². The molecule has 5 atom stereocenters. The highest BCUT2D eigenvalue weighted by molar-refractivity contribution is 6.02. The second-order valence-electron chi connectivity index (χ2n) is 25.6. The summed E-state index contributed by atoms with van der Waals surface area (Å²) in [4.78, 5) is 90.5. The maximum Gasteiger partial charge on any atom is 0.410 e. The molecule has 13 rings (SSSR count). The largest absolute Gasteiger partial charge is 0.461 e. The van der Waals surface area contributed by atoms with E-state index in [0.29, 0.717) is 78.7 Å². The lowest BCUT2D eigenvalue weighted by Gasteiger charge is -2.47. The molecule has 3 unspecified atom stereocenters. The van der Waals surface area contributed by atoms with Crippen molar-refractivity contribution in [2.24, 2.45) is 7.05 Å². The number of imidazole rings is 1. The van der Waals surface area contributed by atoms with Crippen molar-refractivity contribution >= 4 is 62.5 Å². The second-order valence-corrected chi connectivity index (χ2v) is 25.6. The van der Waals surface area contributed by atoms with Gasteiger partial charge in [-0.3, -0.25) is 43.7 Å². The Balaban J connectivity index is 0.657. The molecule has 0 saturated carbocycles. The molecule has 7 aliphatic rings. The molecule has 22 heteroatoms. The van der Waals surface area contributed by atoms with Gasteiger partial charge in [0.1, 0.15) is 47.7 Å². The number of morpholine rings is 1. The summed E-state index contributed by atoms with van der Waals surface area (Å²) < 4.78 is 61.0. The smallest absolute Gasteiger partial charge is 0.410 e. The number of aryl methyl sites for hydroxylation is 2. The summed E-state index contributed by atoms with van der Waals surface area (Å²) in [5.41, 5.74) is 1.07. The normalized spacial score (nSPS) is 24.2. The van der Waals surface area contributed by atoms with E-state index in [-0.39, 0.29) is 96.3 Å². The molecule has 2 bridgehead atoms. The van der Waals surface area contributed by atoms with Gasteiger partial charge < -0.3 is 28.7 Å². The Kier molecular flexibility index (Phi) is 15.0. The van der Waals surface area contributed by atoms with Gasteiger partial charge in [-0.15, -0.1) is 6.42 Å². The van der Waals surface area contributed by atoms with Crippen LogP contribution in [-0.2, 0) is 37.3 Å². The highest BCUT2D eigenvalue weighted by atomic mass is 19.1. The van der Waals surface area contributed by atoms with Gasteiger partial charge in [0.2, 0.25) is 11.8 Å². The van der Waals surface area contributed by atoms with E-state index >= 15 is 8.78 Å². The number of carbonyl (C=O) groups excluding carboxylic acids is 4. The van der Waals surface area contributed by atoms with Gasteiger partial charge in [0, 0.05) is 75.9 Å². The number of ether oxygens (including phenoxy) is 4. The summed E-state index contributed by atoms with van der Waals surface area (Å²) in [6.07, 6.45) is 15.0. The van der Waals surface area contributed by atoms with Crippen LogP contribution < -0.4 is 20.6 Å². The molecular weight excluding hydrogens is 1100 g/mol. The molecule has 6 aromatic rings. The third-order valence-corrected chi connectivity index (χ3v) is 19.2. The molecule has 7 saturated heterocycles. The number of terminal acetylenes is 1. The van der Waals surface area contributed by atoms with Crippen LogP contribution in [0.1, 0.15) is 109 Å². The lowest BCUT2D eigenvalue weighted by Crippen LogP contribution is -2.57. The minimum atomic E-state index is -0.738. The molecule has 0 aliphatic carbocycles. The third kappa shape index (κ3) is 10.5. The molecule has 10 heterocycles. The fourth-order valence-corrected chi connectivity index (χ4v) is 15.1. The summed E-state index contributed by atoms with van der Waals surface area (Å²) in [5, 5.41) is 3.75. The van der Waals surface area contributed by atoms with Crippen LogP contribution in [0.25, 0.3) is 44.0 Å². The third-order valence-electron chi connectivity index (χ3n) is 19.2. The van der Waals surface area contributed by atoms with Crippen LogP contribution in [0, 0.1) is 24.0 Å². The number of rotatable bonds is 12. The molecule has 1 spiro atoms. The van der Waals surface area contributed by atoms with Crippen molar-refractivity contribution in [2.75, 3.05) is 77.1 Å². The Hall–Kier alpha value is -7.74. The number of piperazine rings is 1. The van der Waals surface area contributed by atoms with Gasteiger partial charge in [0.25, 0.3) is 0 Å². The number of nitrogens with one attached hydrogen (secondary N) is 1. The number of likely N-dealkylation sites (tertiary alicyclic amines) is 1. The van der Waals surface area contributed by atoms with E-state index in [4.69, 9.17) is 35.3 Å². The Morgan fingerprint density at radius 1 is 0.919 bits per heavy atom. The number of imide groups is 1. The van der Waals surface area contributed by atoms with Crippen molar-refractivity contribution < 1.29 is 46.9 Å². The van der Waals surface area contributed by atoms with Gasteiger partial charge in [0.15, 0.2) is 5.82 Å². The zero-order chi connectivity index (χ0) is 59.8. The van der Waals surface area contributed by atoms with Gasteiger partial charge in [0.05, 0.1) is 51.8 Å². The van der Waals surface area contributed by atoms with E-state index in [1.807, 2.05) is 43.9 Å². The number of fused-ring (bicyclic) bond motifs is 6. The van der Waals surface area contributed by atoms with E-state index in [9.17, 15) is 24.0 Å². The number of carbonyl (C=O) groups is 4. The number of halogens is 2. The van der Waals surface area contributed by atoms with Crippen molar-refractivity contribution in [3.05, 3.63) is 88.0 Å². The molecule has 4 amide bonds. The predicted octanol–water partition coefficient (Wildman–Crippen LogP) is 7.64. The molecule has 7 fully saturated rings. The number of aromatic nitrogens is 5. The second kappa shape index (κ2) is 22.5. The minimum Gasteiger partial charge on any atom is -0.461 e. The number of nitrogens with zero attached hydrogens (tertiary/aromatic N) is 10. The maximum absolute atomic E-state index is 17.5. The fourth-order valence-electron chi connectivity index (χ4n) is 15.1. The number of anilines is 1. The number of hydrogen-bond donors (Lipinski definition) is 1. The first-order valence-electron chi connectivity index (χ1n) is 30.4. The van der Waals surface area contributed by atoms with E-state index in [1.165, 1.54) is 10.6 Å². The first kappa shape index (κ1) is 57.3. The molecule has 20 nitrogen and oxygen atoms in total. The molecule has 86 heavy (non-hydrogen) atoms. The Bertz CT molecular complexity index is 3800. The SMILES string of the molecule is C#Cc1c(F)ccc2cccc(-c3ncc4c(N5CC6CCC(C5)N6C(=O)OC(C)(C)C)nc(OC[C@@]56CCCN5[C@H](COC(=O)N5CCC7(CC5)CN(CCCc5cccc8c5n(C)c(=O)n8C5CCC(=O)NC5=O)CCO7)CC6)nc4c3F)c12. The van der Waals surface area contributed by atoms with Crippen LogP contribution in [0.4, 0.5) is 24.2 Å². The Morgan fingerprint density at radius 3 is 2.48 bits per heavy atom. The van der Waals surface area contributed by atoms with Crippen LogP contribution >= 0.6 is 0 Å². The highest BCUT2D eigenvalue weighted by Gasteiger charge is 2.51. The van der Waals surface area contributed by atoms with Crippen molar-refractivity contribution in [2.45, 2.75) is 139 Å². The molecular formula is C64H73F2N11O9. The van der Waals surface area contributed by atoms with Crippen LogP contribution in [-0.4, -0.2) is 175 Å². The summed E-state index contributed by atoms with van der Waals surface area (Å²) >= 11 is 0. The van der Waals surface area contributed by atoms with Crippen molar-refractivity contribution in [1.29, 1.82) is 0 Å². The summed E-state index contributed by atoms with van der Waals surface area (Å²) in [7, 11) is 1.73. The number of hydrogen-bond acceptors (Lipinski definition) is 15. The zero-order valence-electron chi connectivity index (χ0n) is 49.2. The topological polar surface area (TPSA) is 199 Å². The molecule has 452 valence electrons. The number of pyridine rings is 1. The number of para-hydroxylation sites is 1. The molecule has 0 radical (unpaired) electrons. The first-order valence-corrected chi connectivity index (χ1v) is 30.4. The van der Waals surface area contributed by atoms with Crippen LogP contribution in [0.15, 0.2) is 59.5 Å². The summed E-state index contributed by atoms with van der Waals surface area (Å²) in [6, 6.07) is 12.8. The molecule has 3 aromatic carbocycles. The number of amides is 4. The Morgan fingerprint density at radius 2 is 1.71 bits per heavy atom. The van der Waals surface area contributed by atoms with Gasteiger partial charge >= 0.3 is 23.9 Å². The average molecular weight is 1180 g/mol. The predicted molar refractivity (Wildman–Crippen MR) is 317 cm³/mol. The minimum absolute atomic E-state index is 0.00813. The van der Waals surface area contributed by atoms with Gasteiger partial charge in [-0.2, -0.15) is 9.97 Å². The molecule has 3 aromatic heterocycles. The van der Waals surface area contributed by atoms with Gasteiger partial charge in [-0.05, 0) is 128 Å². The fraction of sp³-hybridized carbons (Fsp3) is 0.531. The van der Waals surface area contributed by atoms with Crippen LogP contribution in [0.3, 0.4) is 0 Å². The van der Waals surface area contributed by atoms with Crippen LogP contribution in [0.2, 0.25) is 0 Å². The van der Waals surface area contributed by atoms with Gasteiger partial charge in [-0.25, -0.2) is 23.2 Å². The summed E-state index contributed by atoms with van der Waals surface area (Å²) in [5.74, 6) is 0.788. The van der Waals surface area contributed by atoms with Crippen molar-refractivity contribution in [3.8, 4) is 29.6 Å². The number of benzene rings is 3. The molecule has 1 N–H and O–H groups in total. The molecule has 7 aliphatic heterocycles. The maximum atomic E-state index is 17.5. The van der Waals surface area contributed by atoms with E-state index < -0.39 is 34.7 Å². The standard InChI is InChI=1S/C64H73F2N11O9/c1-6-44-47(65)19-16-39-11-7-14-45(51(39)44)53-52(66)54-46(33-67-53)56(74-34-41-17-18-42(35-74)76(41)61(82)86-62(2,3)4)70-58(69-54)84-38-63-23-10-28-75(63)43(22-24-63)36-83-60(81)73-29-25-64(26-30-73)37-72(31-32-85-64)27-9-13-40-12-8-15-48-55(40)71(5)59(80)77(48)49-20-21-50(78)68-57(49)79/h1,7-8,11-12,14-16,19,33,41-43,49H,9-10,13,17-18,20-32,34-38H2,2-5H3,(H,68,78,79)/t41?,42?,43-,49?,63-/m0/s1. The average Bonchev–Trinajstić information content (AvgIpc) is 4.39. The number of piperidine rings is 2. The van der Waals surface area contributed by atoms with E-state index in [0.717, 1.165) is 88.6 Å². The van der Waals surface area contributed by atoms with Crippen molar-refractivity contribution in [1.82, 2.24) is 49.0 Å². The summed E-state index contributed by atoms with van der Waals surface area (Å²) in [6.45, 7) is 11.6. The van der Waals surface area contributed by atoms with E-state index in [2.05, 4.69) is 30.9 Å². The van der Waals surface area contributed by atoms with E-state index in [1.54, 1.807) is 47.0 Å². The van der Waals surface area contributed by atoms with Crippen LogP contribution in [0.5, 0.6) is 6.01 Å². The Labute approximate surface area is 497 Å². The van der Waals surface area contributed by atoms with Gasteiger partial charge in [-0.1, -0.05) is 42.3 Å². The highest BCUT2D eigenvalue weighted by Crippen LogP contribution is 2.45. The quantitative estimate of drug-likeness (QED) is 0.0926. The monoisotopic (exact) mass is 1180 g/mol. The lowest BCUT2D eigenvalue weighted by molar-refractivity contribution is -0.135. The zero-order valence-corrected chi connectivity index (χ0v) is 49.2.